The molecule has 98 valence electrons. The van der Waals surface area contributed by atoms with Gasteiger partial charge in [0.05, 0.1) is 13.1 Å². The quantitative estimate of drug-likeness (QED) is 0.792. The Morgan fingerprint density at radius 2 is 1.82 bits per heavy atom. The van der Waals surface area contributed by atoms with Crippen molar-refractivity contribution in [2.45, 2.75) is 46.8 Å². The second-order valence-electron chi connectivity index (χ2n) is 5.49. The maximum Gasteiger partial charge on any atom is 0.118 e. The highest BCUT2D eigenvalue weighted by molar-refractivity contribution is 5.07. The van der Waals surface area contributed by atoms with E-state index >= 15 is 0 Å². The fraction of sp³-hybridized carbons (Fsp3) is 0.714. The van der Waals surface area contributed by atoms with Gasteiger partial charge in [-0.05, 0) is 25.1 Å². The Labute approximate surface area is 105 Å². The van der Waals surface area contributed by atoms with Crippen molar-refractivity contribution in [3.8, 4) is 0 Å². The Morgan fingerprint density at radius 3 is 2.41 bits per heavy atom. The molecule has 0 unspecified atom stereocenters. The summed E-state index contributed by atoms with van der Waals surface area (Å²) in [5.41, 5.74) is 0. The summed E-state index contributed by atoms with van der Waals surface area (Å²) < 4.78 is 5.78. The van der Waals surface area contributed by atoms with E-state index in [9.17, 15) is 0 Å². The van der Waals surface area contributed by atoms with Crippen molar-refractivity contribution in [1.82, 2.24) is 10.2 Å². The van der Waals surface area contributed by atoms with E-state index in [1.54, 1.807) is 0 Å². The maximum absolute atomic E-state index is 5.78. The van der Waals surface area contributed by atoms with Crippen molar-refractivity contribution in [2.75, 3.05) is 13.6 Å². The standard InChI is InChI=1S/C14H26N2O/c1-11(2)9-16(5)10-14-7-6-13(17-14)8-15-12(3)4/h6-7,11-12,15H,8-10H2,1-5H3. The van der Waals surface area contributed by atoms with Crippen LogP contribution < -0.4 is 5.32 Å². The third kappa shape index (κ3) is 5.89. The average molecular weight is 238 g/mol. The minimum absolute atomic E-state index is 0.493. The highest BCUT2D eigenvalue weighted by Gasteiger charge is 2.07. The summed E-state index contributed by atoms with van der Waals surface area (Å²) in [5.74, 6) is 2.76. The van der Waals surface area contributed by atoms with E-state index in [0.717, 1.165) is 31.2 Å². The summed E-state index contributed by atoms with van der Waals surface area (Å²) in [6.45, 7) is 11.5. The molecule has 1 heterocycles. The molecule has 1 rings (SSSR count). The molecule has 1 aromatic heterocycles. The lowest BCUT2D eigenvalue weighted by molar-refractivity contribution is 0.261. The Bertz CT molecular complexity index is 318. The molecule has 0 bridgehead atoms. The molecule has 0 spiro atoms. The summed E-state index contributed by atoms with van der Waals surface area (Å²) >= 11 is 0. The van der Waals surface area contributed by atoms with E-state index in [4.69, 9.17) is 4.42 Å². The molecule has 0 aliphatic rings. The average Bonchev–Trinajstić information content (AvgIpc) is 2.61. The van der Waals surface area contributed by atoms with Gasteiger partial charge in [-0.15, -0.1) is 0 Å². The van der Waals surface area contributed by atoms with Gasteiger partial charge in [0.25, 0.3) is 0 Å². The monoisotopic (exact) mass is 238 g/mol. The smallest absolute Gasteiger partial charge is 0.118 e. The first kappa shape index (κ1) is 14.3. The summed E-state index contributed by atoms with van der Waals surface area (Å²) in [6.07, 6.45) is 0. The van der Waals surface area contributed by atoms with Crippen LogP contribution in [0.2, 0.25) is 0 Å². The van der Waals surface area contributed by atoms with Crippen molar-refractivity contribution >= 4 is 0 Å². The molecule has 0 radical (unpaired) electrons. The largest absolute Gasteiger partial charge is 0.463 e. The molecule has 0 aliphatic heterocycles. The van der Waals surface area contributed by atoms with Crippen molar-refractivity contribution in [3.63, 3.8) is 0 Å². The number of furan rings is 1. The molecule has 3 heteroatoms. The number of rotatable bonds is 7. The molecule has 0 saturated heterocycles. The van der Waals surface area contributed by atoms with Crippen LogP contribution in [0.15, 0.2) is 16.5 Å². The normalized spacial score (nSPS) is 12.0. The zero-order chi connectivity index (χ0) is 12.8. The molecule has 1 aromatic rings. The third-order valence-corrected chi connectivity index (χ3v) is 2.50. The van der Waals surface area contributed by atoms with Gasteiger partial charge in [-0.2, -0.15) is 0 Å². The first-order chi connectivity index (χ1) is 7.97. The Hall–Kier alpha value is -0.800. The van der Waals surface area contributed by atoms with E-state index in [1.165, 1.54) is 0 Å². The van der Waals surface area contributed by atoms with Gasteiger partial charge in [-0.3, -0.25) is 4.90 Å². The van der Waals surface area contributed by atoms with Gasteiger partial charge in [0, 0.05) is 12.6 Å². The molecule has 0 amide bonds. The van der Waals surface area contributed by atoms with Crippen molar-refractivity contribution in [2.24, 2.45) is 5.92 Å². The Kier molecular flexibility index (Phi) is 5.72. The topological polar surface area (TPSA) is 28.4 Å². The van der Waals surface area contributed by atoms with Crippen LogP contribution >= 0.6 is 0 Å². The van der Waals surface area contributed by atoms with Crippen molar-refractivity contribution in [1.29, 1.82) is 0 Å². The fourth-order valence-electron chi connectivity index (χ4n) is 1.86. The molecule has 0 atom stereocenters. The lowest BCUT2D eigenvalue weighted by Gasteiger charge is -2.17. The van der Waals surface area contributed by atoms with Crippen LogP contribution in [0, 0.1) is 5.92 Å². The van der Waals surface area contributed by atoms with Gasteiger partial charge in [-0.25, -0.2) is 0 Å². The Morgan fingerprint density at radius 1 is 1.18 bits per heavy atom. The predicted octanol–water partition coefficient (Wildman–Crippen LogP) is 2.87. The predicted molar refractivity (Wildman–Crippen MR) is 71.9 cm³/mol. The zero-order valence-corrected chi connectivity index (χ0v) is 11.8. The summed E-state index contributed by atoms with van der Waals surface area (Å²) in [5, 5.41) is 3.35. The van der Waals surface area contributed by atoms with Gasteiger partial charge >= 0.3 is 0 Å². The van der Waals surface area contributed by atoms with Crippen LogP contribution in [0.1, 0.15) is 39.2 Å². The molecule has 1 N–H and O–H groups in total. The minimum atomic E-state index is 0.493. The van der Waals surface area contributed by atoms with Gasteiger partial charge in [-0.1, -0.05) is 27.7 Å². The lowest BCUT2D eigenvalue weighted by atomic mass is 10.2. The van der Waals surface area contributed by atoms with Crippen LogP contribution in [0.4, 0.5) is 0 Å². The van der Waals surface area contributed by atoms with Crippen LogP contribution in [-0.4, -0.2) is 24.5 Å². The first-order valence-electron chi connectivity index (χ1n) is 6.47. The van der Waals surface area contributed by atoms with Gasteiger partial charge < -0.3 is 9.73 Å². The van der Waals surface area contributed by atoms with Crippen molar-refractivity contribution < 1.29 is 4.42 Å². The van der Waals surface area contributed by atoms with Gasteiger partial charge in [0.2, 0.25) is 0 Å². The number of nitrogens with one attached hydrogen (secondary N) is 1. The second kappa shape index (κ2) is 6.82. The number of hydrogen-bond donors (Lipinski definition) is 1. The summed E-state index contributed by atoms with van der Waals surface area (Å²) in [7, 11) is 2.13. The van der Waals surface area contributed by atoms with Crippen LogP contribution in [0.3, 0.4) is 0 Å². The van der Waals surface area contributed by atoms with E-state index in [1.807, 2.05) is 0 Å². The molecule has 0 aromatic carbocycles. The Balaban J connectivity index is 2.39. The molecule has 17 heavy (non-hydrogen) atoms. The van der Waals surface area contributed by atoms with E-state index in [2.05, 4.69) is 57.1 Å². The summed E-state index contributed by atoms with van der Waals surface area (Å²) in [4.78, 5) is 2.29. The number of nitrogens with zero attached hydrogens (tertiary/aromatic N) is 1. The van der Waals surface area contributed by atoms with Crippen LogP contribution in [-0.2, 0) is 13.1 Å². The molecule has 0 fully saturated rings. The molecular weight excluding hydrogens is 212 g/mol. The first-order valence-corrected chi connectivity index (χ1v) is 6.47. The molecule has 0 aliphatic carbocycles. The minimum Gasteiger partial charge on any atom is -0.463 e. The number of hydrogen-bond acceptors (Lipinski definition) is 3. The van der Waals surface area contributed by atoms with Crippen molar-refractivity contribution in [3.05, 3.63) is 23.7 Å². The fourth-order valence-corrected chi connectivity index (χ4v) is 1.86. The molecule has 3 nitrogen and oxygen atoms in total. The van der Waals surface area contributed by atoms with E-state index in [-0.39, 0.29) is 0 Å². The maximum atomic E-state index is 5.78. The summed E-state index contributed by atoms with van der Waals surface area (Å²) in [6, 6.07) is 4.63. The SMILES string of the molecule is CC(C)CN(C)Cc1ccc(CNC(C)C)o1. The molecular formula is C14H26N2O. The van der Waals surface area contributed by atoms with Crippen LogP contribution in [0.25, 0.3) is 0 Å². The van der Waals surface area contributed by atoms with E-state index in [0.29, 0.717) is 12.0 Å². The van der Waals surface area contributed by atoms with Gasteiger partial charge in [0.15, 0.2) is 0 Å². The molecule has 0 saturated carbocycles. The lowest BCUT2D eigenvalue weighted by Crippen LogP contribution is -2.22. The highest BCUT2D eigenvalue weighted by atomic mass is 16.3. The van der Waals surface area contributed by atoms with E-state index < -0.39 is 0 Å². The highest BCUT2D eigenvalue weighted by Crippen LogP contribution is 2.11. The third-order valence-electron chi connectivity index (χ3n) is 2.50. The second-order valence-corrected chi connectivity index (χ2v) is 5.49. The zero-order valence-electron chi connectivity index (χ0n) is 11.8. The van der Waals surface area contributed by atoms with Crippen LogP contribution in [0.5, 0.6) is 0 Å². The van der Waals surface area contributed by atoms with Gasteiger partial charge in [0.1, 0.15) is 11.5 Å².